The first-order chi connectivity index (χ1) is 8.58. The van der Waals surface area contributed by atoms with E-state index >= 15 is 0 Å². The number of rotatable bonds is 4. The molecule has 0 atom stereocenters. The number of hydrogen-bond acceptors (Lipinski definition) is 3. The first-order valence-electron chi connectivity index (χ1n) is 5.26. The first kappa shape index (κ1) is 12.6. The van der Waals surface area contributed by atoms with E-state index in [1.807, 2.05) is 11.6 Å². The van der Waals surface area contributed by atoms with E-state index in [1.165, 1.54) is 23.9 Å². The fourth-order valence-electron chi connectivity index (χ4n) is 1.55. The number of carbonyl (C=O) groups excluding carboxylic acids is 1. The number of imidazole rings is 1. The van der Waals surface area contributed by atoms with E-state index in [0.29, 0.717) is 5.16 Å². The number of hydrogen-bond donors (Lipinski definition) is 1. The molecule has 2 rings (SSSR count). The van der Waals surface area contributed by atoms with Gasteiger partial charge in [0.25, 0.3) is 0 Å². The highest BCUT2D eigenvalue weighted by atomic mass is 32.2. The summed E-state index contributed by atoms with van der Waals surface area (Å²) >= 11 is 1.28. The summed E-state index contributed by atoms with van der Waals surface area (Å²) in [5.41, 5.74) is 6.82. The summed E-state index contributed by atoms with van der Waals surface area (Å²) in [5, 5.41) is 0.702. The molecule has 0 fully saturated rings. The minimum Gasteiger partial charge on any atom is -0.369 e. The van der Waals surface area contributed by atoms with Gasteiger partial charge in [-0.1, -0.05) is 11.8 Å². The molecule has 18 heavy (non-hydrogen) atoms. The number of amides is 1. The van der Waals surface area contributed by atoms with Crippen LogP contribution in [0.1, 0.15) is 0 Å². The normalized spacial score (nSPS) is 10.6. The summed E-state index contributed by atoms with van der Waals surface area (Å²) < 4.78 is 14.7. The lowest BCUT2D eigenvalue weighted by Gasteiger charge is -2.05. The molecule has 0 aliphatic carbocycles. The molecule has 2 N–H and O–H groups in total. The van der Waals surface area contributed by atoms with Crippen LogP contribution in [0.4, 0.5) is 4.39 Å². The second-order valence-corrected chi connectivity index (χ2v) is 4.69. The van der Waals surface area contributed by atoms with Gasteiger partial charge in [0.05, 0.1) is 17.6 Å². The van der Waals surface area contributed by atoms with Gasteiger partial charge in [-0.15, -0.1) is 0 Å². The Morgan fingerprint density at radius 3 is 2.72 bits per heavy atom. The Hall–Kier alpha value is -1.82. The average Bonchev–Trinajstić information content (AvgIpc) is 2.69. The molecule has 1 amide bonds. The summed E-state index contributed by atoms with van der Waals surface area (Å²) in [5.74, 6) is -0.469. The lowest BCUT2D eigenvalue weighted by atomic mass is 10.2. The van der Waals surface area contributed by atoms with Crippen LogP contribution in [0.2, 0.25) is 0 Å². The molecule has 0 aliphatic rings. The molecule has 1 aromatic heterocycles. The van der Waals surface area contributed by atoms with Crippen LogP contribution >= 0.6 is 11.8 Å². The predicted octanol–water partition coefficient (Wildman–Crippen LogP) is 1.80. The average molecular weight is 265 g/mol. The third-order valence-electron chi connectivity index (χ3n) is 2.43. The second-order valence-electron chi connectivity index (χ2n) is 3.75. The number of primary amides is 1. The van der Waals surface area contributed by atoms with Crippen molar-refractivity contribution in [1.29, 1.82) is 0 Å². The number of nitrogens with two attached hydrogens (primary N) is 1. The molecular weight excluding hydrogens is 253 g/mol. The lowest BCUT2D eigenvalue weighted by Crippen LogP contribution is -2.13. The zero-order valence-corrected chi connectivity index (χ0v) is 10.6. The Labute approximate surface area is 108 Å². The number of aromatic nitrogens is 2. The maximum absolute atomic E-state index is 12.8. The SMILES string of the molecule is Cn1c(-c2ccc(F)cc2)cnc1SCC(N)=O. The lowest BCUT2D eigenvalue weighted by molar-refractivity contribution is -0.115. The van der Waals surface area contributed by atoms with Crippen LogP contribution in [0.15, 0.2) is 35.6 Å². The molecule has 0 unspecified atom stereocenters. The molecule has 6 heteroatoms. The molecule has 0 spiro atoms. The fraction of sp³-hybridized carbons (Fsp3) is 0.167. The van der Waals surface area contributed by atoms with E-state index in [9.17, 15) is 9.18 Å². The molecule has 1 heterocycles. The van der Waals surface area contributed by atoms with Gasteiger partial charge in [-0.2, -0.15) is 0 Å². The highest BCUT2D eigenvalue weighted by Gasteiger charge is 2.09. The van der Waals surface area contributed by atoms with Crippen LogP contribution in [-0.2, 0) is 11.8 Å². The molecule has 0 saturated heterocycles. The summed E-state index contributed by atoms with van der Waals surface area (Å²) in [7, 11) is 1.84. The van der Waals surface area contributed by atoms with Crippen LogP contribution in [-0.4, -0.2) is 21.2 Å². The minimum atomic E-state index is -0.383. The van der Waals surface area contributed by atoms with Gasteiger partial charge in [0.2, 0.25) is 5.91 Å². The predicted molar refractivity (Wildman–Crippen MR) is 68.5 cm³/mol. The van der Waals surface area contributed by atoms with Gasteiger partial charge in [0.1, 0.15) is 5.82 Å². The molecule has 4 nitrogen and oxygen atoms in total. The van der Waals surface area contributed by atoms with Crippen molar-refractivity contribution in [1.82, 2.24) is 9.55 Å². The number of thioether (sulfide) groups is 1. The Morgan fingerprint density at radius 2 is 2.11 bits per heavy atom. The molecule has 2 aromatic rings. The Morgan fingerprint density at radius 1 is 1.44 bits per heavy atom. The third kappa shape index (κ3) is 2.70. The van der Waals surface area contributed by atoms with Crippen LogP contribution in [0, 0.1) is 5.82 Å². The summed E-state index contributed by atoms with van der Waals surface area (Å²) in [6.45, 7) is 0. The third-order valence-corrected chi connectivity index (χ3v) is 3.50. The van der Waals surface area contributed by atoms with Crippen molar-refractivity contribution in [2.75, 3.05) is 5.75 Å². The van der Waals surface area contributed by atoms with E-state index in [4.69, 9.17) is 5.73 Å². The zero-order chi connectivity index (χ0) is 13.1. The van der Waals surface area contributed by atoms with Gasteiger partial charge >= 0.3 is 0 Å². The van der Waals surface area contributed by atoms with Gasteiger partial charge in [0, 0.05) is 7.05 Å². The zero-order valence-electron chi connectivity index (χ0n) is 9.76. The molecule has 0 radical (unpaired) electrons. The molecule has 94 valence electrons. The van der Waals surface area contributed by atoms with Crippen LogP contribution in [0.25, 0.3) is 11.3 Å². The Balaban J connectivity index is 2.25. The summed E-state index contributed by atoms with van der Waals surface area (Å²) in [6.07, 6.45) is 1.69. The molecule has 0 saturated carbocycles. The molecular formula is C12H12FN3OS. The van der Waals surface area contributed by atoms with Crippen molar-refractivity contribution < 1.29 is 9.18 Å². The van der Waals surface area contributed by atoms with Crippen LogP contribution < -0.4 is 5.73 Å². The number of halogens is 1. The summed E-state index contributed by atoms with van der Waals surface area (Å²) in [6, 6.07) is 6.18. The summed E-state index contributed by atoms with van der Waals surface area (Å²) in [4.78, 5) is 14.9. The van der Waals surface area contributed by atoms with E-state index in [0.717, 1.165) is 11.3 Å². The van der Waals surface area contributed by atoms with Crippen molar-refractivity contribution >= 4 is 17.7 Å². The minimum absolute atomic E-state index is 0.188. The van der Waals surface area contributed by atoms with Gasteiger partial charge in [-0.25, -0.2) is 9.37 Å². The Kier molecular flexibility index (Phi) is 3.66. The monoisotopic (exact) mass is 265 g/mol. The van der Waals surface area contributed by atoms with Gasteiger partial charge in [0.15, 0.2) is 5.16 Å². The quantitative estimate of drug-likeness (QED) is 0.857. The van der Waals surface area contributed by atoms with E-state index in [-0.39, 0.29) is 17.5 Å². The van der Waals surface area contributed by atoms with Crippen LogP contribution in [0.5, 0.6) is 0 Å². The van der Waals surface area contributed by atoms with Gasteiger partial charge < -0.3 is 10.3 Å². The van der Waals surface area contributed by atoms with Crippen LogP contribution in [0.3, 0.4) is 0 Å². The molecule has 0 bridgehead atoms. The van der Waals surface area contributed by atoms with E-state index < -0.39 is 0 Å². The molecule has 0 aliphatic heterocycles. The smallest absolute Gasteiger partial charge is 0.227 e. The van der Waals surface area contributed by atoms with Crippen molar-refractivity contribution in [3.8, 4) is 11.3 Å². The maximum atomic E-state index is 12.8. The maximum Gasteiger partial charge on any atom is 0.227 e. The first-order valence-corrected chi connectivity index (χ1v) is 6.25. The topological polar surface area (TPSA) is 60.9 Å². The van der Waals surface area contributed by atoms with Crippen molar-refractivity contribution in [2.45, 2.75) is 5.16 Å². The Bertz CT molecular complexity index is 565. The van der Waals surface area contributed by atoms with E-state index in [2.05, 4.69) is 4.98 Å². The number of benzene rings is 1. The molecule has 1 aromatic carbocycles. The largest absolute Gasteiger partial charge is 0.369 e. The van der Waals surface area contributed by atoms with Crippen molar-refractivity contribution in [3.63, 3.8) is 0 Å². The van der Waals surface area contributed by atoms with Gasteiger partial charge in [-0.05, 0) is 29.8 Å². The van der Waals surface area contributed by atoms with Crippen molar-refractivity contribution in [2.24, 2.45) is 12.8 Å². The fourth-order valence-corrected chi connectivity index (χ4v) is 2.24. The van der Waals surface area contributed by atoms with Crippen molar-refractivity contribution in [3.05, 3.63) is 36.3 Å². The standard InChI is InChI=1S/C12H12FN3OS/c1-16-10(8-2-4-9(13)5-3-8)6-15-12(16)18-7-11(14)17/h2-6H,7H2,1H3,(H2,14,17). The second kappa shape index (κ2) is 5.22. The van der Waals surface area contributed by atoms with Gasteiger partial charge in [-0.3, -0.25) is 4.79 Å². The van der Waals surface area contributed by atoms with E-state index in [1.54, 1.807) is 18.3 Å². The highest BCUT2D eigenvalue weighted by molar-refractivity contribution is 7.99. The number of nitrogens with zero attached hydrogens (tertiary/aromatic N) is 2. The highest BCUT2D eigenvalue weighted by Crippen LogP contribution is 2.24. The number of carbonyl (C=O) groups is 1.